The summed E-state index contributed by atoms with van der Waals surface area (Å²) in [5, 5.41) is 20.2. The number of amides is 3. The maximum absolute atomic E-state index is 13.5. The number of hydrogen-bond acceptors (Lipinski definition) is 7. The highest BCUT2D eigenvalue weighted by Crippen LogP contribution is 2.22. The van der Waals surface area contributed by atoms with Gasteiger partial charge in [-0.25, -0.2) is 0 Å². The van der Waals surface area contributed by atoms with E-state index in [0.29, 0.717) is 18.5 Å². The van der Waals surface area contributed by atoms with Crippen LogP contribution >= 0.6 is 0 Å². The molecule has 240 valence electrons. The lowest BCUT2D eigenvalue weighted by Gasteiger charge is -2.29. The summed E-state index contributed by atoms with van der Waals surface area (Å²) in [5.74, 6) is -1.72. The summed E-state index contributed by atoms with van der Waals surface area (Å²) < 4.78 is 0. The molecule has 0 radical (unpaired) electrons. The van der Waals surface area contributed by atoms with Crippen molar-refractivity contribution >= 4 is 23.4 Å². The molecule has 0 aliphatic carbocycles. The van der Waals surface area contributed by atoms with Crippen LogP contribution in [-0.4, -0.2) is 58.6 Å². The number of anilines is 1. The summed E-state index contributed by atoms with van der Waals surface area (Å²) in [5.41, 5.74) is 16.3. The molecule has 0 aliphatic rings. The van der Waals surface area contributed by atoms with Gasteiger partial charge in [0.25, 0.3) is 5.91 Å². The van der Waals surface area contributed by atoms with Crippen LogP contribution in [0.5, 0.6) is 0 Å². The van der Waals surface area contributed by atoms with Crippen LogP contribution in [0.1, 0.15) is 35.5 Å². The van der Waals surface area contributed by atoms with Gasteiger partial charge in [0.2, 0.25) is 11.8 Å². The molecule has 0 saturated carbocycles. The van der Waals surface area contributed by atoms with Gasteiger partial charge in [-0.2, -0.15) is 0 Å². The maximum atomic E-state index is 13.5. The number of hydrogen-bond donors (Lipinski definition) is 6. The van der Waals surface area contributed by atoms with Gasteiger partial charge in [0, 0.05) is 18.4 Å². The van der Waals surface area contributed by atoms with Gasteiger partial charge in [-0.15, -0.1) is 0 Å². The second-order valence-electron chi connectivity index (χ2n) is 11.7. The summed E-state index contributed by atoms with van der Waals surface area (Å²) in [6, 6.07) is 27.4. The number of pyridine rings is 1. The Bertz CT molecular complexity index is 1580. The molecule has 4 aromatic rings. The Morgan fingerprint density at radius 3 is 2.13 bits per heavy atom. The second-order valence-corrected chi connectivity index (χ2v) is 11.7. The van der Waals surface area contributed by atoms with E-state index >= 15 is 0 Å². The van der Waals surface area contributed by atoms with E-state index in [0.717, 1.165) is 22.3 Å². The summed E-state index contributed by atoms with van der Waals surface area (Å²) in [6.45, 7) is 3.64. The third-order valence-corrected chi connectivity index (χ3v) is 7.75. The molecular formula is C36H42N6O4. The molecule has 10 heteroatoms. The number of carbonyl (C=O) groups excluding carboxylic acids is 3. The lowest BCUT2D eigenvalue weighted by atomic mass is 9.97. The number of rotatable bonds is 15. The van der Waals surface area contributed by atoms with Gasteiger partial charge in [0.05, 0.1) is 18.2 Å². The fourth-order valence-electron chi connectivity index (χ4n) is 5.14. The molecule has 0 fully saturated rings. The number of aliphatic hydroxyl groups excluding tert-OH is 1. The molecular weight excluding hydrogens is 580 g/mol. The average molecular weight is 623 g/mol. The highest BCUT2D eigenvalue weighted by atomic mass is 16.3. The van der Waals surface area contributed by atoms with Crippen LogP contribution in [-0.2, 0) is 22.4 Å². The molecule has 3 amide bonds. The first-order valence-electron chi connectivity index (χ1n) is 15.3. The summed E-state index contributed by atoms with van der Waals surface area (Å²) in [4.78, 5) is 42.8. The monoisotopic (exact) mass is 622 g/mol. The van der Waals surface area contributed by atoms with Crippen molar-refractivity contribution in [3.8, 4) is 11.1 Å². The molecule has 8 N–H and O–H groups in total. The van der Waals surface area contributed by atoms with Crippen molar-refractivity contribution in [3.63, 3.8) is 0 Å². The van der Waals surface area contributed by atoms with Gasteiger partial charge in [-0.05, 0) is 65.3 Å². The Hall–Kier alpha value is -5.06. The quantitative estimate of drug-likeness (QED) is 0.111. The van der Waals surface area contributed by atoms with Crippen LogP contribution in [0.25, 0.3) is 11.1 Å². The third kappa shape index (κ3) is 9.72. The maximum Gasteiger partial charge on any atom is 0.270 e. The smallest absolute Gasteiger partial charge is 0.270 e. The number of nitrogens with two attached hydrogens (primary N) is 2. The molecule has 0 unspecified atom stereocenters. The largest absolute Gasteiger partial charge is 0.399 e. The van der Waals surface area contributed by atoms with Crippen molar-refractivity contribution in [1.29, 1.82) is 0 Å². The van der Waals surface area contributed by atoms with Gasteiger partial charge < -0.3 is 32.5 Å². The molecule has 10 nitrogen and oxygen atoms in total. The van der Waals surface area contributed by atoms with E-state index in [1.807, 2.05) is 92.7 Å². The standard InChI is InChI=1S/C36H42N6O4/c1-23(2)33(42-35(45)29-13-6-7-18-39-29)36(46)41-30(19-24-9-4-3-5-10-24)32(43)22-40-31(34(38)44)20-25-14-16-26(17-15-25)27-11-8-12-28(37)21-27/h3-18,21,23,30-33,40,43H,19-20,22,37H2,1-2H3,(H2,38,44)(H,41,46)(H,42,45)/t30-,31-,32-,33-/m0/s1. The highest BCUT2D eigenvalue weighted by Gasteiger charge is 2.30. The van der Waals surface area contributed by atoms with E-state index in [1.54, 1.807) is 18.2 Å². The Labute approximate surface area is 269 Å². The Morgan fingerprint density at radius 1 is 0.804 bits per heavy atom. The lowest BCUT2D eigenvalue weighted by molar-refractivity contribution is -0.125. The van der Waals surface area contributed by atoms with Crippen molar-refractivity contribution in [2.75, 3.05) is 12.3 Å². The first-order chi connectivity index (χ1) is 22.1. The lowest BCUT2D eigenvalue weighted by Crippen LogP contribution is -2.57. The van der Waals surface area contributed by atoms with Gasteiger partial charge in [-0.3, -0.25) is 19.4 Å². The van der Waals surface area contributed by atoms with Crippen LogP contribution < -0.4 is 27.4 Å². The molecule has 0 aliphatic heterocycles. The summed E-state index contributed by atoms with van der Waals surface area (Å²) in [6.07, 6.45) is 1.05. The molecule has 1 heterocycles. The van der Waals surface area contributed by atoms with Crippen LogP contribution in [0.2, 0.25) is 0 Å². The van der Waals surface area contributed by atoms with Crippen LogP contribution in [0, 0.1) is 5.92 Å². The minimum Gasteiger partial charge on any atom is -0.399 e. The number of primary amides is 1. The predicted octanol–water partition coefficient (Wildman–Crippen LogP) is 2.86. The van der Waals surface area contributed by atoms with E-state index in [-0.39, 0.29) is 18.2 Å². The zero-order valence-corrected chi connectivity index (χ0v) is 26.1. The number of carbonyl (C=O) groups is 3. The molecule has 4 atom stereocenters. The molecule has 0 bridgehead atoms. The second kappa shape index (κ2) is 16.3. The normalized spacial score (nSPS) is 13.7. The fraction of sp³-hybridized carbons (Fsp3) is 0.278. The van der Waals surface area contributed by atoms with E-state index in [2.05, 4.69) is 20.9 Å². The van der Waals surface area contributed by atoms with E-state index in [4.69, 9.17) is 11.5 Å². The number of nitrogens with one attached hydrogen (secondary N) is 3. The topological polar surface area (TPSA) is 172 Å². The van der Waals surface area contributed by atoms with Crippen molar-refractivity contribution in [3.05, 3.63) is 120 Å². The molecule has 3 aromatic carbocycles. The molecule has 0 spiro atoms. The number of aromatic nitrogens is 1. The Kier molecular flexibility index (Phi) is 12.0. The van der Waals surface area contributed by atoms with Gasteiger partial charge >= 0.3 is 0 Å². The van der Waals surface area contributed by atoms with Crippen LogP contribution in [0.4, 0.5) is 5.69 Å². The van der Waals surface area contributed by atoms with E-state index in [9.17, 15) is 19.5 Å². The third-order valence-electron chi connectivity index (χ3n) is 7.75. The average Bonchev–Trinajstić information content (AvgIpc) is 3.05. The van der Waals surface area contributed by atoms with Crippen LogP contribution in [0.15, 0.2) is 103 Å². The van der Waals surface area contributed by atoms with E-state index in [1.165, 1.54) is 6.20 Å². The van der Waals surface area contributed by atoms with E-state index < -0.39 is 42.0 Å². The van der Waals surface area contributed by atoms with Crippen molar-refractivity contribution in [2.45, 2.75) is 50.9 Å². The zero-order valence-electron chi connectivity index (χ0n) is 26.1. The first-order valence-corrected chi connectivity index (χ1v) is 15.3. The van der Waals surface area contributed by atoms with Crippen LogP contribution in [0.3, 0.4) is 0 Å². The first kappa shape index (κ1) is 33.8. The van der Waals surface area contributed by atoms with Crippen molar-refractivity contribution in [2.24, 2.45) is 11.7 Å². The summed E-state index contributed by atoms with van der Waals surface area (Å²) in [7, 11) is 0. The Balaban J connectivity index is 1.43. The number of aliphatic hydroxyl groups is 1. The fourth-order valence-corrected chi connectivity index (χ4v) is 5.14. The van der Waals surface area contributed by atoms with Crippen molar-refractivity contribution < 1.29 is 19.5 Å². The van der Waals surface area contributed by atoms with Gasteiger partial charge in [-0.1, -0.05) is 86.6 Å². The molecule has 46 heavy (non-hydrogen) atoms. The van der Waals surface area contributed by atoms with Crippen molar-refractivity contribution in [1.82, 2.24) is 20.9 Å². The molecule has 1 aromatic heterocycles. The summed E-state index contributed by atoms with van der Waals surface area (Å²) >= 11 is 0. The van der Waals surface area contributed by atoms with Gasteiger partial charge in [0.15, 0.2) is 0 Å². The number of nitrogens with zero attached hydrogens (tertiary/aromatic N) is 1. The van der Waals surface area contributed by atoms with Gasteiger partial charge in [0.1, 0.15) is 11.7 Å². The number of benzene rings is 3. The Morgan fingerprint density at radius 2 is 1.50 bits per heavy atom. The number of nitrogen functional groups attached to an aromatic ring is 1. The minimum atomic E-state index is -1.09. The SMILES string of the molecule is CC(C)[C@H](NC(=O)c1ccccn1)C(=O)N[C@@H](Cc1ccccc1)[C@@H](O)CN[C@@H](Cc1ccc(-c2cccc(N)c2)cc1)C(N)=O. The predicted molar refractivity (Wildman–Crippen MR) is 179 cm³/mol. The molecule has 4 rings (SSSR count). The molecule has 0 saturated heterocycles. The minimum absolute atomic E-state index is 0.0145. The zero-order chi connectivity index (χ0) is 33.1. The highest BCUT2D eigenvalue weighted by molar-refractivity contribution is 5.96.